The molecule has 4 heterocycles. The van der Waals surface area contributed by atoms with Gasteiger partial charge in [-0.3, -0.25) is 9.69 Å². The third-order valence-corrected chi connectivity index (χ3v) is 11.4. The van der Waals surface area contributed by atoms with E-state index in [2.05, 4.69) is 9.80 Å². The lowest BCUT2D eigenvalue weighted by molar-refractivity contribution is -0.258. The van der Waals surface area contributed by atoms with E-state index in [9.17, 15) is 31.5 Å². The van der Waals surface area contributed by atoms with E-state index in [4.69, 9.17) is 0 Å². The van der Waals surface area contributed by atoms with Crippen molar-refractivity contribution >= 4 is 32.8 Å². The highest BCUT2D eigenvalue weighted by Crippen LogP contribution is 2.39. The molecule has 1 N–H and O–H groups in total. The lowest BCUT2D eigenvalue weighted by atomic mass is 9.83. The highest BCUT2D eigenvalue weighted by molar-refractivity contribution is 7.91. The average molecular weight is 572 g/mol. The Bertz CT molecular complexity index is 1230. The largest absolute Gasteiger partial charge is 0.421 e. The summed E-state index contributed by atoms with van der Waals surface area (Å²) < 4.78 is 68.5. The summed E-state index contributed by atoms with van der Waals surface area (Å²) in [7, 11) is -3.67. The van der Waals surface area contributed by atoms with Gasteiger partial charge < -0.3 is 10.0 Å². The number of aliphatic hydroxyl groups is 1. The van der Waals surface area contributed by atoms with Crippen LogP contribution in [0.5, 0.6) is 0 Å². The number of nitrogens with zero attached hydrogens (tertiary/aromatic N) is 3. The topological polar surface area (TPSA) is 81.2 Å². The maximum atomic E-state index is 13.4. The van der Waals surface area contributed by atoms with E-state index < -0.39 is 21.8 Å². The summed E-state index contributed by atoms with van der Waals surface area (Å²) in [6, 6.07) is 8.98. The SMILES string of the molecule is CC(O)(c1ccc(N2CCN(S(=O)(=O)c3cccs3)CC2CN2C3CCCC2CC(=O)C3)cc1)C(F)(F)F. The normalized spacial score (nSPS) is 27.3. The van der Waals surface area contributed by atoms with Crippen molar-refractivity contribution in [2.45, 2.75) is 73.1 Å². The van der Waals surface area contributed by atoms with Gasteiger partial charge in [-0.1, -0.05) is 24.6 Å². The zero-order valence-electron chi connectivity index (χ0n) is 21.1. The number of alkyl halides is 3. The van der Waals surface area contributed by atoms with Crippen LogP contribution in [0.15, 0.2) is 46.0 Å². The van der Waals surface area contributed by atoms with E-state index in [-0.39, 0.29) is 46.8 Å². The van der Waals surface area contributed by atoms with Crippen LogP contribution in [0.2, 0.25) is 0 Å². The summed E-state index contributed by atoms with van der Waals surface area (Å²) in [5.41, 5.74) is -2.56. The minimum Gasteiger partial charge on any atom is -0.376 e. The number of halogens is 3. The second-order valence-electron chi connectivity index (χ2n) is 10.6. The number of carbonyl (C=O) groups excluding carboxylic acids is 1. The van der Waals surface area contributed by atoms with Gasteiger partial charge in [-0.15, -0.1) is 11.3 Å². The minimum absolute atomic E-state index is 0.130. The van der Waals surface area contributed by atoms with Gasteiger partial charge >= 0.3 is 6.18 Å². The fourth-order valence-electron chi connectivity index (χ4n) is 6.03. The number of benzene rings is 1. The zero-order valence-corrected chi connectivity index (χ0v) is 22.7. The Morgan fingerprint density at radius 2 is 1.71 bits per heavy atom. The van der Waals surface area contributed by atoms with Crippen molar-refractivity contribution in [2.24, 2.45) is 0 Å². The summed E-state index contributed by atoms with van der Waals surface area (Å²) >= 11 is 1.17. The molecule has 12 heteroatoms. The highest BCUT2D eigenvalue weighted by atomic mass is 32.2. The fourth-order valence-corrected chi connectivity index (χ4v) is 8.64. The molecule has 1 aromatic heterocycles. The van der Waals surface area contributed by atoms with Crippen molar-refractivity contribution in [2.75, 3.05) is 31.1 Å². The monoisotopic (exact) mass is 571 g/mol. The average Bonchev–Trinajstić information content (AvgIpc) is 3.40. The first kappa shape index (κ1) is 27.6. The predicted molar refractivity (Wildman–Crippen MR) is 139 cm³/mol. The summed E-state index contributed by atoms with van der Waals surface area (Å²) in [6.07, 6.45) is -0.903. The van der Waals surface area contributed by atoms with Crippen LogP contribution < -0.4 is 4.90 Å². The van der Waals surface area contributed by atoms with E-state index in [1.54, 1.807) is 29.6 Å². The minimum atomic E-state index is -4.82. The number of sulfonamides is 1. The van der Waals surface area contributed by atoms with Gasteiger partial charge in [0.25, 0.3) is 10.0 Å². The Balaban J connectivity index is 1.43. The van der Waals surface area contributed by atoms with Gasteiger partial charge in [0.05, 0.1) is 6.04 Å². The molecule has 5 rings (SSSR count). The number of anilines is 1. The molecule has 7 nitrogen and oxygen atoms in total. The number of hydrogen-bond acceptors (Lipinski definition) is 7. The molecule has 0 spiro atoms. The van der Waals surface area contributed by atoms with Crippen molar-refractivity contribution in [3.63, 3.8) is 0 Å². The zero-order chi connectivity index (χ0) is 27.3. The molecule has 0 amide bonds. The maximum absolute atomic E-state index is 13.4. The van der Waals surface area contributed by atoms with Gasteiger partial charge in [-0.2, -0.15) is 17.5 Å². The van der Waals surface area contributed by atoms with Crippen LogP contribution in [0.25, 0.3) is 0 Å². The number of thiophene rings is 1. The number of carbonyl (C=O) groups is 1. The van der Waals surface area contributed by atoms with E-state index in [0.717, 1.165) is 26.2 Å². The van der Waals surface area contributed by atoms with Crippen molar-refractivity contribution < 1.29 is 31.5 Å². The van der Waals surface area contributed by atoms with Crippen molar-refractivity contribution in [1.29, 1.82) is 0 Å². The van der Waals surface area contributed by atoms with Crippen molar-refractivity contribution in [3.05, 3.63) is 47.3 Å². The quantitative estimate of drug-likeness (QED) is 0.565. The summed E-state index contributed by atoms with van der Waals surface area (Å²) in [4.78, 5) is 16.7. The Kier molecular flexibility index (Phi) is 7.40. The predicted octanol–water partition coefficient (Wildman–Crippen LogP) is 3.98. The van der Waals surface area contributed by atoms with Crippen LogP contribution in [-0.4, -0.2) is 79.0 Å². The van der Waals surface area contributed by atoms with Gasteiger partial charge in [0, 0.05) is 56.8 Å². The lowest BCUT2D eigenvalue weighted by Gasteiger charge is -2.50. The van der Waals surface area contributed by atoms with Gasteiger partial charge in [0.15, 0.2) is 5.60 Å². The van der Waals surface area contributed by atoms with Crippen molar-refractivity contribution in [3.8, 4) is 0 Å². The highest BCUT2D eigenvalue weighted by Gasteiger charge is 2.51. The Morgan fingerprint density at radius 1 is 1.05 bits per heavy atom. The number of ketones is 1. The smallest absolute Gasteiger partial charge is 0.376 e. The standard InChI is InChI=1S/C26H32F3N3O4S2/c1-25(34,26(27,28)29)18-7-9-19(10-8-18)31-12-11-30(38(35,36)24-6-3-13-37-24)16-22(31)17-32-20-4-2-5-21(32)15-23(33)14-20/h3,6-10,13,20-22,34H,2,4-5,11-12,14-17H2,1H3. The number of hydrogen-bond donors (Lipinski definition) is 1. The van der Waals surface area contributed by atoms with Crippen LogP contribution in [0.4, 0.5) is 18.9 Å². The number of rotatable bonds is 6. The summed E-state index contributed by atoms with van der Waals surface area (Å²) in [5, 5.41) is 11.8. The molecule has 0 aliphatic carbocycles. The van der Waals surface area contributed by atoms with Gasteiger partial charge in [-0.25, -0.2) is 8.42 Å². The number of piperazine rings is 1. The van der Waals surface area contributed by atoms with Crippen molar-refractivity contribution in [1.82, 2.24) is 9.21 Å². The van der Waals surface area contributed by atoms with Gasteiger partial charge in [0.1, 0.15) is 9.99 Å². The fraction of sp³-hybridized carbons (Fsp3) is 0.577. The van der Waals surface area contributed by atoms with E-state index in [0.29, 0.717) is 31.6 Å². The first-order valence-electron chi connectivity index (χ1n) is 12.9. The molecule has 2 bridgehead atoms. The third kappa shape index (κ3) is 5.13. The molecule has 38 heavy (non-hydrogen) atoms. The molecule has 2 aromatic rings. The van der Waals surface area contributed by atoms with Crippen LogP contribution >= 0.6 is 11.3 Å². The molecule has 3 fully saturated rings. The van der Waals surface area contributed by atoms with E-state index in [1.807, 2.05) is 0 Å². The van der Waals surface area contributed by atoms with Crippen LogP contribution in [0.3, 0.4) is 0 Å². The second kappa shape index (κ2) is 10.2. The third-order valence-electron chi connectivity index (χ3n) is 8.21. The van der Waals surface area contributed by atoms with E-state index in [1.165, 1.54) is 27.8 Å². The summed E-state index contributed by atoms with van der Waals surface area (Å²) in [5.74, 6) is 0.269. The van der Waals surface area contributed by atoms with Crippen LogP contribution in [0.1, 0.15) is 44.6 Å². The number of Topliss-reactive ketones (excluding diaryl/α,β-unsaturated/α-hetero) is 1. The molecule has 208 valence electrons. The Hall–Kier alpha value is -1.99. The number of fused-ring (bicyclic) bond motifs is 2. The molecule has 3 aliphatic rings. The maximum Gasteiger partial charge on any atom is 0.421 e. The van der Waals surface area contributed by atoms with Crippen LogP contribution in [-0.2, 0) is 20.4 Å². The molecular weight excluding hydrogens is 539 g/mol. The molecule has 4 atom stereocenters. The molecular formula is C26H32F3N3O4S2. The second-order valence-corrected chi connectivity index (χ2v) is 13.8. The molecule has 1 aromatic carbocycles. The molecule has 0 radical (unpaired) electrons. The molecule has 0 saturated carbocycles. The molecule has 3 saturated heterocycles. The first-order chi connectivity index (χ1) is 17.9. The summed E-state index contributed by atoms with van der Waals surface area (Å²) in [6.45, 7) is 2.12. The Labute approximate surface area is 224 Å². The van der Waals surface area contributed by atoms with Crippen LogP contribution in [0, 0.1) is 0 Å². The molecule has 3 aliphatic heterocycles. The van der Waals surface area contributed by atoms with E-state index >= 15 is 0 Å². The number of piperidine rings is 2. The first-order valence-corrected chi connectivity index (χ1v) is 15.2. The van der Waals surface area contributed by atoms with Gasteiger partial charge in [0.2, 0.25) is 0 Å². The molecule has 4 unspecified atom stereocenters. The Morgan fingerprint density at radius 3 is 2.29 bits per heavy atom. The lowest BCUT2D eigenvalue weighted by Crippen LogP contribution is -2.62. The van der Waals surface area contributed by atoms with Gasteiger partial charge in [-0.05, 0) is 48.9 Å².